The van der Waals surface area contributed by atoms with Gasteiger partial charge in [-0.2, -0.15) is 0 Å². The second-order valence-corrected chi connectivity index (χ2v) is 25.9. The van der Waals surface area contributed by atoms with Crippen molar-refractivity contribution in [1.82, 2.24) is 29.6 Å². The summed E-state index contributed by atoms with van der Waals surface area (Å²) >= 11 is 0. The van der Waals surface area contributed by atoms with E-state index in [0.717, 1.165) is 37.9 Å². The Kier molecular flexibility index (Phi) is 13.1. The van der Waals surface area contributed by atoms with Crippen LogP contribution in [-0.2, 0) is 0 Å². The quantitative estimate of drug-likeness (QED) is 0.0583. The van der Waals surface area contributed by atoms with Crippen LogP contribution < -0.4 is 0 Å². The molecule has 2 aromatic heterocycles. The summed E-state index contributed by atoms with van der Waals surface area (Å²) in [6.45, 7) is 17.7. The van der Waals surface area contributed by atoms with E-state index in [1.165, 1.54) is 25.7 Å². The Balaban J connectivity index is 0.886. The molecule has 466 valence electrons. The van der Waals surface area contributed by atoms with Crippen molar-refractivity contribution in [1.29, 1.82) is 0 Å². The number of phenols is 1. The highest BCUT2D eigenvalue weighted by Crippen LogP contribution is 2.54. The maximum absolute atomic E-state index is 15.1. The number of aryl methyl sites for hydroxylation is 1. The Labute approximate surface area is 540 Å². The van der Waals surface area contributed by atoms with Crippen molar-refractivity contribution in [2.24, 2.45) is 0 Å². The van der Waals surface area contributed by atoms with Gasteiger partial charge >= 0.3 is 0 Å². The number of fused-ring (bicyclic) bond motifs is 4. The standard InChI is InChI=1S/C79H66N6O9/c1-10-39(11-2)82-72(87)47-25-21-44-61-51(31-54-64-48(73(88)83(77(54)92)40(12-3)13-4)24-20-43(69(61)64)60-36(9)30-53(76(82)91)63(47)68(44)60)37-18-28-57(80-34-37)58-29-19-38(35-81-58)52-32-55-65-49(74(89)84(78(55)93)41(14-5)15-6)27-23-46-67-59(86)33-56-66-50(26-22-45(71(66)67)62(52)70(46)65)75(90)85(79(56)94)42(16-7)17-8/h18-35,39-42,86H,10-17H2,1-9H3. The van der Waals surface area contributed by atoms with Gasteiger partial charge in [0.15, 0.2) is 0 Å². The molecule has 12 aromatic rings. The minimum absolute atomic E-state index is 0.167. The third-order valence-electron chi connectivity index (χ3n) is 21.6. The molecule has 0 fully saturated rings. The predicted molar refractivity (Wildman–Crippen MR) is 367 cm³/mol. The molecular weight excluding hydrogens is 1180 g/mol. The molecule has 10 aromatic carbocycles. The van der Waals surface area contributed by atoms with Gasteiger partial charge in [-0.1, -0.05) is 91.8 Å². The summed E-state index contributed by atoms with van der Waals surface area (Å²) in [6.07, 6.45) is 8.08. The lowest BCUT2D eigenvalue weighted by Gasteiger charge is -2.35. The van der Waals surface area contributed by atoms with Crippen molar-refractivity contribution in [3.05, 3.63) is 160 Å². The molecule has 0 bridgehead atoms. The Morgan fingerprint density at radius 1 is 0.298 bits per heavy atom. The Hall–Kier alpha value is -10.5. The van der Waals surface area contributed by atoms with Crippen molar-refractivity contribution in [3.8, 4) is 39.4 Å². The fourth-order valence-electron chi connectivity index (χ4n) is 17.0. The summed E-state index contributed by atoms with van der Waals surface area (Å²) in [5.41, 5.74) is 7.39. The molecule has 94 heavy (non-hydrogen) atoms. The van der Waals surface area contributed by atoms with Gasteiger partial charge < -0.3 is 5.11 Å². The SMILES string of the molecule is CCC(CC)N1C(=O)c2ccc3c4c(-c5ccc(-c6ccc(-c7cc8c9c(ccc%10c%11c(O)cc%12c%13c(ccc(c7c9%10)c%13%11)C(=O)N(C(CC)CC)C%12=O)C(=O)N(C(CC)CC)C8=O)cn6)nc5)cc5c6c(ccc(c7c(C)cc(c2c37)C1=O)c64)C(=O)N(C(CC)CC)C5=O. The second kappa shape index (κ2) is 21.0. The molecule has 4 aliphatic heterocycles. The van der Waals surface area contributed by atoms with Crippen molar-refractivity contribution < 1.29 is 43.5 Å². The van der Waals surface area contributed by atoms with Crippen molar-refractivity contribution >= 4 is 133 Å². The molecule has 0 saturated heterocycles. The van der Waals surface area contributed by atoms with Gasteiger partial charge in [-0.3, -0.25) is 67.9 Å². The molecule has 0 aliphatic carbocycles. The van der Waals surface area contributed by atoms with Crippen LogP contribution in [0.15, 0.2) is 109 Å². The van der Waals surface area contributed by atoms with Gasteiger partial charge in [-0.25, -0.2) is 0 Å². The molecule has 15 nitrogen and oxygen atoms in total. The minimum atomic E-state index is -0.482. The second-order valence-electron chi connectivity index (χ2n) is 25.9. The fourth-order valence-corrected chi connectivity index (χ4v) is 17.0. The molecular formula is C79H66N6O9. The number of phenolic OH excluding ortho intramolecular Hbond substituents is 1. The first-order valence-electron chi connectivity index (χ1n) is 33.2. The molecule has 0 radical (unpaired) electrons. The van der Waals surface area contributed by atoms with Crippen LogP contribution in [0, 0.1) is 6.92 Å². The summed E-state index contributed by atoms with van der Waals surface area (Å²) in [5, 5.41) is 22.3. The molecule has 0 saturated carbocycles. The summed E-state index contributed by atoms with van der Waals surface area (Å²) < 4.78 is 0. The third-order valence-corrected chi connectivity index (χ3v) is 21.6. The maximum Gasteiger partial charge on any atom is 0.261 e. The highest BCUT2D eigenvalue weighted by Gasteiger charge is 2.44. The number of hydrogen-bond donors (Lipinski definition) is 1. The van der Waals surface area contributed by atoms with Gasteiger partial charge in [0.2, 0.25) is 0 Å². The molecule has 4 aliphatic rings. The van der Waals surface area contributed by atoms with Crippen molar-refractivity contribution in [2.45, 2.75) is 138 Å². The Morgan fingerprint density at radius 3 is 0.894 bits per heavy atom. The smallest absolute Gasteiger partial charge is 0.261 e. The predicted octanol–water partition coefficient (Wildman–Crippen LogP) is 16.7. The molecule has 0 unspecified atom stereocenters. The summed E-state index contributed by atoms with van der Waals surface area (Å²) in [5.74, 6) is -3.28. The molecule has 15 heteroatoms. The molecule has 0 spiro atoms. The zero-order valence-corrected chi connectivity index (χ0v) is 53.8. The van der Waals surface area contributed by atoms with Gasteiger partial charge in [0.1, 0.15) is 5.75 Å². The van der Waals surface area contributed by atoms with Crippen LogP contribution in [0.25, 0.3) is 120 Å². The highest BCUT2D eigenvalue weighted by atomic mass is 16.3. The summed E-state index contributed by atoms with van der Waals surface area (Å²) in [6, 6.07) is 28.0. The highest BCUT2D eigenvalue weighted by molar-refractivity contribution is 6.46. The Bertz CT molecular complexity index is 5140. The van der Waals surface area contributed by atoms with Gasteiger partial charge in [0, 0.05) is 119 Å². The average Bonchev–Trinajstić information content (AvgIpc) is 0.686. The number of carbonyl (C=O) groups excluding carboxylic acids is 8. The van der Waals surface area contributed by atoms with Gasteiger partial charge in [-0.15, -0.1) is 0 Å². The number of aromatic nitrogens is 2. The van der Waals surface area contributed by atoms with Gasteiger partial charge in [0.05, 0.1) is 17.0 Å². The number of hydrogen-bond acceptors (Lipinski definition) is 11. The van der Waals surface area contributed by atoms with E-state index in [9.17, 15) is 33.9 Å². The van der Waals surface area contributed by atoms with Crippen LogP contribution in [-0.4, -0.2) is 106 Å². The molecule has 1 N–H and O–H groups in total. The zero-order chi connectivity index (χ0) is 65.5. The lowest BCUT2D eigenvalue weighted by molar-refractivity contribution is 0.0514. The summed E-state index contributed by atoms with van der Waals surface area (Å²) in [7, 11) is 0. The average molecular weight is 1240 g/mol. The third kappa shape index (κ3) is 7.48. The van der Waals surface area contributed by atoms with Crippen molar-refractivity contribution in [3.63, 3.8) is 0 Å². The van der Waals surface area contributed by atoms with E-state index in [-0.39, 0.29) is 59.1 Å². The maximum atomic E-state index is 15.1. The molecule has 6 heterocycles. The van der Waals surface area contributed by atoms with E-state index < -0.39 is 23.6 Å². The molecule has 16 rings (SSSR count). The van der Waals surface area contributed by atoms with Gasteiger partial charge in [0.25, 0.3) is 47.3 Å². The number of imide groups is 4. The van der Waals surface area contributed by atoms with Crippen LogP contribution in [0.5, 0.6) is 5.75 Å². The van der Waals surface area contributed by atoms with E-state index in [4.69, 9.17) is 9.97 Å². The monoisotopic (exact) mass is 1240 g/mol. The number of amides is 8. The van der Waals surface area contributed by atoms with Crippen LogP contribution in [0.4, 0.5) is 0 Å². The molecule has 8 amide bonds. The number of pyridine rings is 2. The lowest BCUT2D eigenvalue weighted by atomic mass is 9.78. The number of rotatable bonds is 15. The Morgan fingerprint density at radius 2 is 0.574 bits per heavy atom. The van der Waals surface area contributed by atoms with Crippen LogP contribution in [0.1, 0.15) is 195 Å². The lowest BCUT2D eigenvalue weighted by Crippen LogP contribution is -2.46. The topological polar surface area (TPSA) is 196 Å². The van der Waals surface area contributed by atoms with Crippen LogP contribution in [0.3, 0.4) is 0 Å². The van der Waals surface area contributed by atoms with E-state index >= 15 is 9.59 Å². The molecule has 0 atom stereocenters. The van der Waals surface area contributed by atoms with E-state index in [1.807, 2.05) is 135 Å². The largest absolute Gasteiger partial charge is 0.507 e. The van der Waals surface area contributed by atoms with Crippen LogP contribution >= 0.6 is 0 Å². The van der Waals surface area contributed by atoms with E-state index in [1.54, 1.807) is 30.6 Å². The fraction of sp³-hybridized carbons (Fsp3) is 0.266. The number of aromatic hydroxyl groups is 1. The van der Waals surface area contributed by atoms with Crippen LogP contribution in [0.2, 0.25) is 0 Å². The van der Waals surface area contributed by atoms with E-state index in [2.05, 4.69) is 0 Å². The summed E-state index contributed by atoms with van der Waals surface area (Å²) in [4.78, 5) is 134. The number of benzene rings is 10. The first kappa shape index (κ1) is 58.5. The minimum Gasteiger partial charge on any atom is -0.507 e. The zero-order valence-electron chi connectivity index (χ0n) is 53.8. The van der Waals surface area contributed by atoms with Gasteiger partial charge in [-0.05, 0) is 190 Å². The first-order valence-corrected chi connectivity index (χ1v) is 33.2. The van der Waals surface area contributed by atoms with Crippen molar-refractivity contribution in [2.75, 3.05) is 0 Å². The van der Waals surface area contributed by atoms with E-state index in [0.29, 0.717) is 178 Å². The normalized spacial score (nSPS) is 15.1. The number of nitrogens with zero attached hydrogens (tertiary/aromatic N) is 6. The number of carbonyl (C=O) groups is 8. The first-order chi connectivity index (χ1) is 45.5.